The first-order valence-electron chi connectivity index (χ1n) is 6.19. The Morgan fingerprint density at radius 3 is 2.50 bits per heavy atom. The second-order valence-corrected chi connectivity index (χ2v) is 7.12. The van der Waals surface area contributed by atoms with Gasteiger partial charge in [-0.3, -0.25) is 0 Å². The predicted octanol–water partition coefficient (Wildman–Crippen LogP) is 0.656. The van der Waals surface area contributed by atoms with Gasteiger partial charge in [0, 0.05) is 5.92 Å². The summed E-state index contributed by atoms with van der Waals surface area (Å²) in [4.78, 5) is 0. The van der Waals surface area contributed by atoms with Crippen LogP contribution >= 0.6 is 0 Å². The molecule has 0 aliphatic carbocycles. The summed E-state index contributed by atoms with van der Waals surface area (Å²) in [5.74, 6) is 0.119. The first-order chi connectivity index (χ1) is 8.52. The van der Waals surface area contributed by atoms with E-state index >= 15 is 0 Å². The Bertz CT molecular complexity index is 495. The zero-order chi connectivity index (χ0) is 13.2. The van der Waals surface area contributed by atoms with Gasteiger partial charge in [-0.05, 0) is 30.5 Å². The lowest BCUT2D eigenvalue weighted by atomic mass is 9.94. The van der Waals surface area contributed by atoms with Crippen molar-refractivity contribution in [3.63, 3.8) is 0 Å². The molecule has 0 aromatic heterocycles. The summed E-state index contributed by atoms with van der Waals surface area (Å²) in [6.45, 7) is 0.600. The molecule has 1 aromatic rings. The van der Waals surface area contributed by atoms with Crippen LogP contribution in [-0.4, -0.2) is 31.6 Å². The highest BCUT2D eigenvalue weighted by Gasteiger charge is 2.33. The van der Waals surface area contributed by atoms with Gasteiger partial charge in [0.05, 0.1) is 17.6 Å². The van der Waals surface area contributed by atoms with E-state index in [9.17, 15) is 13.5 Å². The summed E-state index contributed by atoms with van der Waals surface area (Å²) in [5, 5.41) is 10.2. The van der Waals surface area contributed by atoms with E-state index in [1.54, 1.807) is 0 Å². The van der Waals surface area contributed by atoms with Gasteiger partial charge in [-0.2, -0.15) is 0 Å². The molecule has 18 heavy (non-hydrogen) atoms. The van der Waals surface area contributed by atoms with Crippen LogP contribution in [0.3, 0.4) is 0 Å². The average Bonchev–Trinajstić information content (AvgIpc) is 2.70. The first kappa shape index (κ1) is 13.5. The third kappa shape index (κ3) is 3.10. The lowest BCUT2D eigenvalue weighted by molar-refractivity contribution is 0.121. The molecule has 0 radical (unpaired) electrons. The summed E-state index contributed by atoms with van der Waals surface area (Å²) < 4.78 is 22.8. The van der Waals surface area contributed by atoms with E-state index in [2.05, 4.69) is 0 Å². The third-order valence-corrected chi connectivity index (χ3v) is 5.26. The van der Waals surface area contributed by atoms with Crippen molar-refractivity contribution in [2.45, 2.75) is 18.9 Å². The van der Waals surface area contributed by atoms with Crippen LogP contribution in [0.25, 0.3) is 0 Å². The number of aliphatic hydroxyl groups excluding tert-OH is 1. The van der Waals surface area contributed by atoms with Crippen LogP contribution in [0, 0.1) is 5.92 Å². The molecule has 2 unspecified atom stereocenters. The molecule has 0 amide bonds. The Hall–Kier alpha value is -0.910. The maximum Gasteiger partial charge on any atom is 0.150 e. The van der Waals surface area contributed by atoms with Crippen molar-refractivity contribution in [1.29, 1.82) is 0 Å². The second kappa shape index (κ2) is 5.38. The monoisotopic (exact) mass is 269 g/mol. The van der Waals surface area contributed by atoms with Crippen molar-refractivity contribution in [1.82, 2.24) is 0 Å². The number of benzene rings is 1. The van der Waals surface area contributed by atoms with Crippen LogP contribution in [0.15, 0.2) is 24.3 Å². The average molecular weight is 269 g/mol. The van der Waals surface area contributed by atoms with E-state index in [1.165, 1.54) is 0 Å². The molecule has 1 aliphatic rings. The lowest BCUT2D eigenvalue weighted by Gasteiger charge is -2.17. The first-order valence-corrected chi connectivity index (χ1v) is 8.01. The molecule has 1 saturated heterocycles. The van der Waals surface area contributed by atoms with Crippen molar-refractivity contribution >= 4 is 9.84 Å². The Morgan fingerprint density at radius 2 is 2.00 bits per heavy atom. The molecule has 2 atom stereocenters. The van der Waals surface area contributed by atoms with Gasteiger partial charge in [0.1, 0.15) is 0 Å². The van der Waals surface area contributed by atoms with Crippen molar-refractivity contribution in [3.8, 4) is 0 Å². The van der Waals surface area contributed by atoms with Gasteiger partial charge in [0.2, 0.25) is 0 Å². The predicted molar refractivity (Wildman–Crippen MR) is 70.9 cm³/mol. The van der Waals surface area contributed by atoms with E-state index in [0.29, 0.717) is 13.0 Å². The van der Waals surface area contributed by atoms with E-state index < -0.39 is 15.9 Å². The summed E-state index contributed by atoms with van der Waals surface area (Å²) in [7, 11) is -2.94. The molecule has 1 aromatic carbocycles. The third-order valence-electron chi connectivity index (χ3n) is 3.47. The maximum atomic E-state index is 11.4. The van der Waals surface area contributed by atoms with Gasteiger partial charge in [-0.1, -0.05) is 24.3 Å². The minimum atomic E-state index is -2.94. The quantitative estimate of drug-likeness (QED) is 0.841. The number of aliphatic hydroxyl groups is 1. The fraction of sp³-hybridized carbons (Fsp3) is 0.538. The smallest absolute Gasteiger partial charge is 0.150 e. The van der Waals surface area contributed by atoms with E-state index in [1.807, 2.05) is 24.3 Å². The van der Waals surface area contributed by atoms with Crippen LogP contribution in [0.4, 0.5) is 0 Å². The van der Waals surface area contributed by atoms with Gasteiger partial charge < -0.3 is 10.8 Å². The molecule has 2 rings (SSSR count). The van der Waals surface area contributed by atoms with E-state index in [4.69, 9.17) is 5.73 Å². The van der Waals surface area contributed by atoms with Gasteiger partial charge in [0.25, 0.3) is 0 Å². The molecule has 4 nitrogen and oxygen atoms in total. The van der Waals surface area contributed by atoms with Gasteiger partial charge in [-0.25, -0.2) is 8.42 Å². The minimum absolute atomic E-state index is 0.0960. The summed E-state index contributed by atoms with van der Waals surface area (Å²) in [6.07, 6.45) is 0.677. The standard InChI is InChI=1S/C13H19NO3S/c14-7-5-10-1-3-11(4-2-10)13(15)12-6-8-18(16,17)9-12/h1-4,12-13,15H,5-9,14H2. The summed E-state index contributed by atoms with van der Waals surface area (Å²) in [5.41, 5.74) is 7.39. The molecule has 0 bridgehead atoms. The van der Waals surface area contributed by atoms with Crippen LogP contribution in [-0.2, 0) is 16.3 Å². The molecule has 0 saturated carbocycles. The number of nitrogens with two attached hydrogens (primary N) is 1. The number of sulfone groups is 1. The number of rotatable bonds is 4. The van der Waals surface area contributed by atoms with Gasteiger partial charge in [-0.15, -0.1) is 0 Å². The lowest BCUT2D eigenvalue weighted by Crippen LogP contribution is -2.14. The molecule has 1 aliphatic heterocycles. The molecular weight excluding hydrogens is 250 g/mol. The summed E-state index contributed by atoms with van der Waals surface area (Å²) >= 11 is 0. The van der Waals surface area contributed by atoms with Crippen molar-refractivity contribution in [2.75, 3.05) is 18.1 Å². The highest BCUT2D eigenvalue weighted by molar-refractivity contribution is 7.91. The second-order valence-electron chi connectivity index (χ2n) is 4.89. The Morgan fingerprint density at radius 1 is 1.33 bits per heavy atom. The van der Waals surface area contributed by atoms with Gasteiger partial charge >= 0.3 is 0 Å². The largest absolute Gasteiger partial charge is 0.388 e. The fourth-order valence-corrected chi connectivity index (χ4v) is 4.22. The van der Waals surface area contributed by atoms with Crippen LogP contribution < -0.4 is 5.73 Å². The Labute approximate surface area is 108 Å². The highest BCUT2D eigenvalue weighted by Crippen LogP contribution is 2.31. The van der Waals surface area contributed by atoms with Crippen LogP contribution in [0.1, 0.15) is 23.7 Å². The normalized spacial score (nSPS) is 24.0. The van der Waals surface area contributed by atoms with Crippen LogP contribution in [0.5, 0.6) is 0 Å². The SMILES string of the molecule is NCCc1ccc(C(O)C2CCS(=O)(=O)C2)cc1. The zero-order valence-electron chi connectivity index (χ0n) is 10.2. The van der Waals surface area contributed by atoms with E-state index in [0.717, 1.165) is 17.5 Å². The molecule has 3 N–H and O–H groups in total. The van der Waals surface area contributed by atoms with Crippen molar-refractivity contribution < 1.29 is 13.5 Å². The maximum absolute atomic E-state index is 11.4. The van der Waals surface area contributed by atoms with Crippen molar-refractivity contribution in [2.24, 2.45) is 11.7 Å². The molecular formula is C13H19NO3S. The number of hydrogen-bond donors (Lipinski definition) is 2. The van der Waals surface area contributed by atoms with E-state index in [-0.39, 0.29) is 17.4 Å². The minimum Gasteiger partial charge on any atom is -0.388 e. The number of hydrogen-bond acceptors (Lipinski definition) is 4. The molecule has 1 heterocycles. The molecule has 0 spiro atoms. The van der Waals surface area contributed by atoms with Crippen LogP contribution in [0.2, 0.25) is 0 Å². The van der Waals surface area contributed by atoms with Crippen molar-refractivity contribution in [3.05, 3.63) is 35.4 Å². The highest BCUT2D eigenvalue weighted by atomic mass is 32.2. The topological polar surface area (TPSA) is 80.4 Å². The Kier molecular flexibility index (Phi) is 4.04. The fourth-order valence-electron chi connectivity index (χ4n) is 2.39. The molecule has 5 heteroatoms. The van der Waals surface area contributed by atoms with Gasteiger partial charge in [0.15, 0.2) is 9.84 Å². The Balaban J connectivity index is 2.07. The molecule has 1 fully saturated rings. The molecule has 100 valence electrons. The zero-order valence-corrected chi connectivity index (χ0v) is 11.1. The summed E-state index contributed by atoms with van der Waals surface area (Å²) in [6, 6.07) is 7.60.